The molecule has 0 bridgehead atoms. The van der Waals surface area contributed by atoms with Crippen LogP contribution in [-0.2, 0) is 0 Å². The van der Waals surface area contributed by atoms with E-state index in [1.165, 1.54) is 0 Å². The van der Waals surface area contributed by atoms with Gasteiger partial charge in [0.05, 0.1) is 12.5 Å². The van der Waals surface area contributed by atoms with Crippen LogP contribution in [0.25, 0.3) is 33.3 Å². The number of rotatable bonds is 1. The molecule has 0 amide bonds. The minimum absolute atomic E-state index is 0.345. The van der Waals surface area contributed by atoms with Gasteiger partial charge in [0.25, 0.3) is 0 Å². The largest absolute Gasteiger partial charge is 0.452 e. The van der Waals surface area contributed by atoms with Crippen LogP contribution in [0.4, 0.5) is 0 Å². The maximum Gasteiger partial charge on any atom is 0.344 e. The zero-order valence-corrected chi connectivity index (χ0v) is 15.4. The summed E-state index contributed by atoms with van der Waals surface area (Å²) in [4.78, 5) is 12.2. The van der Waals surface area contributed by atoms with Gasteiger partial charge in [-0.3, -0.25) is 0 Å². The van der Waals surface area contributed by atoms with Crippen molar-refractivity contribution in [2.75, 3.05) is 0 Å². The van der Waals surface area contributed by atoms with Crippen molar-refractivity contribution in [3.8, 4) is 11.5 Å². The molecule has 0 aliphatic rings. The molecule has 0 atom stereocenters. The van der Waals surface area contributed by atoms with E-state index in [1.807, 2.05) is 42.5 Å². The Bertz CT molecular complexity index is 1080. The molecule has 22 heavy (non-hydrogen) atoms. The lowest BCUT2D eigenvalue weighted by atomic mass is 10.1. The second-order valence-corrected chi connectivity index (χ2v) is 6.98. The van der Waals surface area contributed by atoms with E-state index in [9.17, 15) is 4.79 Å². The molecule has 0 fully saturated rings. The number of fused-ring (bicyclic) bond motifs is 2. The highest BCUT2D eigenvalue weighted by Gasteiger charge is 2.20. The molecule has 5 heteroatoms. The van der Waals surface area contributed by atoms with Crippen LogP contribution in [0.2, 0.25) is 0 Å². The van der Waals surface area contributed by atoms with Gasteiger partial charge in [-0.05, 0) is 57.3 Å². The third kappa shape index (κ3) is 2.10. The highest BCUT2D eigenvalue weighted by molar-refractivity contribution is 14.1. The van der Waals surface area contributed by atoms with Crippen molar-refractivity contribution in [3.63, 3.8) is 0 Å². The first-order valence-electron chi connectivity index (χ1n) is 6.55. The molecular weight excluding hydrogens is 506 g/mol. The van der Waals surface area contributed by atoms with E-state index < -0.39 is 0 Å². The van der Waals surface area contributed by atoms with Gasteiger partial charge in [-0.15, -0.1) is 0 Å². The van der Waals surface area contributed by atoms with Crippen molar-refractivity contribution in [1.29, 1.82) is 0 Å². The summed E-state index contributed by atoms with van der Waals surface area (Å²) >= 11 is 4.43. The van der Waals surface area contributed by atoms with Crippen LogP contribution in [-0.4, -0.2) is 0 Å². The molecule has 0 spiro atoms. The fraction of sp³-hybridized carbons (Fsp3) is 0. The van der Waals surface area contributed by atoms with Gasteiger partial charge >= 0.3 is 5.63 Å². The van der Waals surface area contributed by atoms with Gasteiger partial charge < -0.3 is 8.83 Å². The van der Waals surface area contributed by atoms with E-state index in [0.717, 1.165) is 23.5 Å². The van der Waals surface area contributed by atoms with Crippen LogP contribution in [0, 0.1) is 7.14 Å². The lowest BCUT2D eigenvalue weighted by molar-refractivity contribution is 0.503. The van der Waals surface area contributed by atoms with Crippen molar-refractivity contribution in [3.05, 3.63) is 66.1 Å². The van der Waals surface area contributed by atoms with Gasteiger partial charge in [0.15, 0.2) is 11.5 Å². The van der Waals surface area contributed by atoms with Crippen LogP contribution in [0.5, 0.6) is 0 Å². The van der Waals surface area contributed by atoms with Gasteiger partial charge in [0.1, 0.15) is 5.58 Å². The van der Waals surface area contributed by atoms with Gasteiger partial charge in [0.2, 0.25) is 0 Å². The smallest absolute Gasteiger partial charge is 0.344 e. The summed E-state index contributed by atoms with van der Waals surface area (Å²) in [5.74, 6) is 1.10. The summed E-state index contributed by atoms with van der Waals surface area (Å²) in [7, 11) is 0. The number of furan rings is 1. The number of hydrogen-bond donors (Lipinski definition) is 0. The fourth-order valence-electron chi connectivity index (χ4n) is 2.47. The average molecular weight is 514 g/mol. The lowest BCUT2D eigenvalue weighted by Crippen LogP contribution is -2.02. The molecule has 2 aromatic heterocycles. The van der Waals surface area contributed by atoms with Crippen molar-refractivity contribution < 1.29 is 8.83 Å². The summed E-state index contributed by atoms with van der Waals surface area (Å²) in [6.07, 6.45) is 0. The molecule has 2 heterocycles. The summed E-state index contributed by atoms with van der Waals surface area (Å²) in [5, 5.41) is 2.48. The molecule has 3 nitrogen and oxygen atoms in total. The van der Waals surface area contributed by atoms with Crippen LogP contribution in [0.3, 0.4) is 0 Å². The molecule has 0 aliphatic carbocycles. The van der Waals surface area contributed by atoms with Gasteiger partial charge in [0, 0.05) is 10.8 Å². The molecule has 2 aromatic carbocycles. The Balaban J connectivity index is 2.11. The van der Waals surface area contributed by atoms with E-state index >= 15 is 0 Å². The number of para-hydroxylation sites is 1. The highest BCUT2D eigenvalue weighted by atomic mass is 127. The minimum Gasteiger partial charge on any atom is -0.452 e. The van der Waals surface area contributed by atoms with Gasteiger partial charge in [-0.1, -0.05) is 36.4 Å². The fourth-order valence-corrected chi connectivity index (χ4v) is 4.10. The highest BCUT2D eigenvalue weighted by Crippen LogP contribution is 2.37. The van der Waals surface area contributed by atoms with Gasteiger partial charge in [-0.25, -0.2) is 4.79 Å². The molecule has 0 radical (unpaired) electrons. The van der Waals surface area contributed by atoms with Gasteiger partial charge in [-0.2, -0.15) is 0 Å². The predicted molar refractivity (Wildman–Crippen MR) is 103 cm³/mol. The molecule has 4 aromatic rings. The monoisotopic (exact) mass is 514 g/mol. The third-order valence-corrected chi connectivity index (χ3v) is 5.66. The minimum atomic E-state index is -0.345. The van der Waals surface area contributed by atoms with Crippen molar-refractivity contribution in [2.45, 2.75) is 0 Å². The maximum atomic E-state index is 12.2. The Morgan fingerprint density at radius 3 is 1.95 bits per heavy atom. The molecule has 0 unspecified atom stereocenters. The predicted octanol–water partition coefficient (Wildman–Crippen LogP) is 5.42. The van der Waals surface area contributed by atoms with Crippen LogP contribution in [0.1, 0.15) is 0 Å². The van der Waals surface area contributed by atoms with E-state index in [-0.39, 0.29) is 5.63 Å². The molecular formula is C17H8I2O3. The molecule has 108 valence electrons. The quantitative estimate of drug-likeness (QED) is 0.319. The molecule has 4 rings (SSSR count). The normalized spacial score (nSPS) is 11.4. The zero-order valence-electron chi connectivity index (χ0n) is 11.1. The summed E-state index contributed by atoms with van der Waals surface area (Å²) < 4.78 is 13.3. The maximum absolute atomic E-state index is 12.2. The lowest BCUT2D eigenvalue weighted by Gasteiger charge is -2.04. The number of hydrogen-bond acceptors (Lipinski definition) is 3. The molecule has 0 saturated carbocycles. The van der Waals surface area contributed by atoms with Crippen LogP contribution < -0.4 is 5.63 Å². The Morgan fingerprint density at radius 1 is 0.682 bits per heavy atom. The second-order valence-electron chi connectivity index (χ2n) is 4.82. The Morgan fingerprint density at radius 2 is 1.23 bits per heavy atom. The first kappa shape index (κ1) is 14.3. The van der Waals surface area contributed by atoms with Crippen LogP contribution >= 0.6 is 45.2 Å². The molecule has 0 aliphatic heterocycles. The van der Waals surface area contributed by atoms with Crippen molar-refractivity contribution in [1.82, 2.24) is 0 Å². The third-order valence-electron chi connectivity index (χ3n) is 3.52. The molecule has 0 saturated heterocycles. The number of benzene rings is 2. The summed E-state index contributed by atoms with van der Waals surface area (Å²) in [5.41, 5.74) is 0.441. The standard InChI is InChI=1S/C17H8I2O3/c18-13-9-5-1-2-6-10(9)17(20)22-16(13)15-14(19)11-7-3-4-8-12(11)21-15/h1-8H. The SMILES string of the molecule is O=c1oc(-c2oc3ccccc3c2I)c(I)c2ccccc12. The van der Waals surface area contributed by atoms with Crippen molar-refractivity contribution >= 4 is 66.9 Å². The van der Waals surface area contributed by atoms with E-state index in [2.05, 4.69) is 45.2 Å². The van der Waals surface area contributed by atoms with E-state index in [1.54, 1.807) is 6.07 Å². The summed E-state index contributed by atoms with van der Waals surface area (Å²) in [6, 6.07) is 15.2. The van der Waals surface area contributed by atoms with Crippen LogP contribution in [0.15, 0.2) is 62.2 Å². The second kappa shape index (κ2) is 5.38. The average Bonchev–Trinajstić information content (AvgIpc) is 2.88. The number of halogens is 2. The van der Waals surface area contributed by atoms with E-state index in [0.29, 0.717) is 16.9 Å². The van der Waals surface area contributed by atoms with Crippen molar-refractivity contribution in [2.24, 2.45) is 0 Å². The zero-order chi connectivity index (χ0) is 15.3. The first-order valence-corrected chi connectivity index (χ1v) is 8.71. The Labute approximate surface area is 152 Å². The molecule has 0 N–H and O–H groups in total. The topological polar surface area (TPSA) is 43.4 Å². The Hall–Kier alpha value is -1.35. The van der Waals surface area contributed by atoms with E-state index in [4.69, 9.17) is 8.83 Å². The summed E-state index contributed by atoms with van der Waals surface area (Å²) in [6.45, 7) is 0. The first-order chi connectivity index (χ1) is 10.7. The Kier molecular flexibility index (Phi) is 3.48.